The third kappa shape index (κ3) is 5.08. The number of nitrogens with one attached hydrogen (secondary N) is 2. The van der Waals surface area contributed by atoms with E-state index in [1.54, 1.807) is 6.92 Å². The number of esters is 1. The summed E-state index contributed by atoms with van der Waals surface area (Å²) < 4.78 is 31.0. The van der Waals surface area contributed by atoms with Crippen molar-refractivity contribution in [1.82, 2.24) is 4.72 Å². The van der Waals surface area contributed by atoms with Gasteiger partial charge in [-0.15, -0.1) is 0 Å². The molecule has 4 N–H and O–H groups in total. The van der Waals surface area contributed by atoms with Crippen molar-refractivity contribution in [3.63, 3.8) is 0 Å². The molecular formula is C18H25N3O6S. The molecule has 0 saturated heterocycles. The summed E-state index contributed by atoms with van der Waals surface area (Å²) in [6, 6.07) is 3.75. The predicted molar refractivity (Wildman–Crippen MR) is 102 cm³/mol. The fourth-order valence-corrected chi connectivity index (χ4v) is 3.96. The van der Waals surface area contributed by atoms with Crippen LogP contribution in [0.15, 0.2) is 23.1 Å². The largest absolute Gasteiger partial charge is 0.466 e. The molecule has 1 fully saturated rings. The van der Waals surface area contributed by atoms with Crippen LogP contribution >= 0.6 is 0 Å². The second-order valence-electron chi connectivity index (χ2n) is 6.57. The Morgan fingerprint density at radius 2 is 1.75 bits per heavy atom. The number of hydrogen-bond acceptors (Lipinski definition) is 6. The van der Waals surface area contributed by atoms with Crippen LogP contribution in [0.2, 0.25) is 0 Å². The molecule has 0 aromatic heterocycles. The van der Waals surface area contributed by atoms with Crippen LogP contribution in [-0.4, -0.2) is 39.9 Å². The van der Waals surface area contributed by atoms with E-state index in [2.05, 4.69) is 10.0 Å². The van der Waals surface area contributed by atoms with Crippen LogP contribution in [0.25, 0.3) is 0 Å². The molecule has 9 nitrogen and oxygen atoms in total. The number of rotatable bonds is 7. The summed E-state index contributed by atoms with van der Waals surface area (Å²) in [7, 11) is -2.50. The quantitative estimate of drug-likeness (QED) is 0.571. The van der Waals surface area contributed by atoms with Gasteiger partial charge in [0.2, 0.25) is 15.9 Å². The van der Waals surface area contributed by atoms with Gasteiger partial charge in [0.15, 0.2) is 0 Å². The average molecular weight is 411 g/mol. The monoisotopic (exact) mass is 411 g/mol. The molecular weight excluding hydrogens is 386 g/mol. The van der Waals surface area contributed by atoms with Crippen LogP contribution in [-0.2, 0) is 24.3 Å². The SMILES string of the molecule is CCOC(=O)C1CCC(C(=O)Nc2ccc(S(=O)(=O)NC)cc2C(N)=O)CC1. The molecule has 1 aliphatic carbocycles. The van der Waals surface area contributed by atoms with Gasteiger partial charge in [0.25, 0.3) is 5.91 Å². The number of benzene rings is 1. The van der Waals surface area contributed by atoms with E-state index in [1.807, 2.05) is 0 Å². The van der Waals surface area contributed by atoms with Crippen molar-refractivity contribution in [1.29, 1.82) is 0 Å². The van der Waals surface area contributed by atoms with Crippen molar-refractivity contribution in [3.05, 3.63) is 23.8 Å². The van der Waals surface area contributed by atoms with Gasteiger partial charge in [0.1, 0.15) is 0 Å². The van der Waals surface area contributed by atoms with Crippen LogP contribution in [0.1, 0.15) is 43.0 Å². The maximum absolute atomic E-state index is 12.6. The summed E-state index contributed by atoms with van der Waals surface area (Å²) in [5.74, 6) is -1.90. The number of ether oxygens (including phenoxy) is 1. The highest BCUT2D eigenvalue weighted by atomic mass is 32.2. The highest BCUT2D eigenvalue weighted by Gasteiger charge is 2.31. The normalized spacial score (nSPS) is 19.6. The fourth-order valence-electron chi connectivity index (χ4n) is 3.21. The van der Waals surface area contributed by atoms with Crippen LogP contribution in [0.4, 0.5) is 5.69 Å². The number of carbonyl (C=O) groups is 3. The third-order valence-corrected chi connectivity index (χ3v) is 6.22. The number of sulfonamides is 1. The lowest BCUT2D eigenvalue weighted by atomic mass is 9.81. The molecule has 0 atom stereocenters. The standard InChI is InChI=1S/C18H25N3O6S/c1-3-27-18(24)12-6-4-11(5-7-12)17(23)21-15-9-8-13(28(25,26)20-2)10-14(15)16(19)22/h8-12,20H,3-7H2,1-2H3,(H2,19,22)(H,21,23). The Balaban J connectivity index is 2.10. The molecule has 0 radical (unpaired) electrons. The first-order chi connectivity index (χ1) is 13.2. The number of anilines is 1. The van der Waals surface area contributed by atoms with E-state index in [-0.39, 0.29) is 39.9 Å². The first-order valence-corrected chi connectivity index (χ1v) is 10.5. The van der Waals surface area contributed by atoms with Gasteiger partial charge in [0, 0.05) is 5.92 Å². The van der Waals surface area contributed by atoms with Crippen molar-refractivity contribution in [3.8, 4) is 0 Å². The first-order valence-electron chi connectivity index (χ1n) is 9.04. The van der Waals surface area contributed by atoms with E-state index in [1.165, 1.54) is 19.2 Å². The zero-order valence-corrected chi connectivity index (χ0v) is 16.7. The molecule has 1 aromatic carbocycles. The van der Waals surface area contributed by atoms with Crippen molar-refractivity contribution in [2.75, 3.05) is 19.0 Å². The molecule has 28 heavy (non-hydrogen) atoms. The lowest BCUT2D eigenvalue weighted by molar-refractivity contribution is -0.150. The summed E-state index contributed by atoms with van der Waals surface area (Å²) >= 11 is 0. The minimum atomic E-state index is -3.75. The van der Waals surface area contributed by atoms with Crippen molar-refractivity contribution < 1.29 is 27.5 Å². The third-order valence-electron chi connectivity index (χ3n) is 4.81. The smallest absolute Gasteiger partial charge is 0.308 e. The Hall–Kier alpha value is -2.46. The predicted octanol–water partition coefficient (Wildman–Crippen LogP) is 1.00. The number of nitrogens with two attached hydrogens (primary N) is 1. The maximum Gasteiger partial charge on any atom is 0.308 e. The van der Waals surface area contributed by atoms with Gasteiger partial charge in [-0.25, -0.2) is 13.1 Å². The number of primary amides is 1. The lowest BCUT2D eigenvalue weighted by Crippen LogP contribution is -2.31. The van der Waals surface area contributed by atoms with Crippen molar-refractivity contribution >= 4 is 33.5 Å². The molecule has 2 rings (SSSR count). The molecule has 0 heterocycles. The Labute approximate surface area is 164 Å². The van der Waals surface area contributed by atoms with Gasteiger partial charge in [-0.05, 0) is 57.9 Å². The average Bonchev–Trinajstić information content (AvgIpc) is 2.68. The van der Waals surface area contributed by atoms with Crippen molar-refractivity contribution in [2.24, 2.45) is 17.6 Å². The van der Waals surface area contributed by atoms with Gasteiger partial charge >= 0.3 is 5.97 Å². The first kappa shape index (κ1) is 21.8. The van der Waals surface area contributed by atoms with E-state index in [9.17, 15) is 22.8 Å². The second kappa shape index (κ2) is 9.16. The van der Waals surface area contributed by atoms with Crippen LogP contribution in [0, 0.1) is 11.8 Å². The molecule has 10 heteroatoms. The molecule has 154 valence electrons. The highest BCUT2D eigenvalue weighted by Crippen LogP contribution is 2.31. The summed E-state index contributed by atoms with van der Waals surface area (Å²) in [5.41, 5.74) is 5.41. The molecule has 1 aliphatic rings. The molecule has 1 aromatic rings. The number of hydrogen-bond donors (Lipinski definition) is 3. The second-order valence-corrected chi connectivity index (χ2v) is 8.46. The number of amides is 2. The van der Waals surface area contributed by atoms with E-state index in [0.29, 0.717) is 32.3 Å². The van der Waals surface area contributed by atoms with E-state index >= 15 is 0 Å². The fraction of sp³-hybridized carbons (Fsp3) is 0.500. The van der Waals surface area contributed by atoms with E-state index in [4.69, 9.17) is 10.5 Å². The molecule has 0 unspecified atom stereocenters. The summed E-state index contributed by atoms with van der Waals surface area (Å²) in [5, 5.41) is 2.66. The molecule has 0 spiro atoms. The molecule has 0 aliphatic heterocycles. The van der Waals surface area contributed by atoms with Crippen LogP contribution < -0.4 is 15.8 Å². The van der Waals surface area contributed by atoms with Gasteiger partial charge < -0.3 is 15.8 Å². The van der Waals surface area contributed by atoms with Gasteiger partial charge in [-0.1, -0.05) is 0 Å². The Kier molecular flexibility index (Phi) is 7.14. The minimum Gasteiger partial charge on any atom is -0.466 e. The summed E-state index contributed by atoms with van der Waals surface area (Å²) in [6.07, 6.45) is 2.15. The number of carbonyl (C=O) groups excluding carboxylic acids is 3. The summed E-state index contributed by atoms with van der Waals surface area (Å²) in [6.45, 7) is 2.08. The zero-order chi connectivity index (χ0) is 20.9. The van der Waals surface area contributed by atoms with Gasteiger partial charge in [-0.3, -0.25) is 14.4 Å². The van der Waals surface area contributed by atoms with E-state index in [0.717, 1.165) is 6.07 Å². The Morgan fingerprint density at radius 1 is 1.14 bits per heavy atom. The Morgan fingerprint density at radius 3 is 2.29 bits per heavy atom. The van der Waals surface area contributed by atoms with Crippen LogP contribution in [0.5, 0.6) is 0 Å². The van der Waals surface area contributed by atoms with Gasteiger partial charge in [0.05, 0.1) is 28.7 Å². The van der Waals surface area contributed by atoms with Gasteiger partial charge in [-0.2, -0.15) is 0 Å². The molecule has 1 saturated carbocycles. The molecule has 0 bridgehead atoms. The lowest BCUT2D eigenvalue weighted by Gasteiger charge is -2.26. The highest BCUT2D eigenvalue weighted by molar-refractivity contribution is 7.89. The van der Waals surface area contributed by atoms with E-state index < -0.39 is 15.9 Å². The topological polar surface area (TPSA) is 145 Å². The Bertz CT molecular complexity index is 860. The van der Waals surface area contributed by atoms with Crippen molar-refractivity contribution in [2.45, 2.75) is 37.5 Å². The maximum atomic E-state index is 12.6. The zero-order valence-electron chi connectivity index (χ0n) is 15.9. The van der Waals surface area contributed by atoms with Crippen LogP contribution in [0.3, 0.4) is 0 Å². The minimum absolute atomic E-state index is 0.0927. The summed E-state index contributed by atoms with van der Waals surface area (Å²) in [4.78, 5) is 36.0. The molecule has 2 amide bonds.